The smallest absolute Gasteiger partial charge is 0.124 e. The maximum Gasteiger partial charge on any atom is 0.124 e. The average molecular weight is 227 g/mol. The Balaban J connectivity index is 1.93. The summed E-state index contributed by atoms with van der Waals surface area (Å²) < 4.78 is 5.60. The summed E-state index contributed by atoms with van der Waals surface area (Å²) in [6.07, 6.45) is 4.85. The van der Waals surface area contributed by atoms with Crippen molar-refractivity contribution < 1.29 is 9.53 Å². The lowest BCUT2D eigenvalue weighted by Gasteiger charge is -2.06. The molecule has 0 N–H and O–H groups in total. The van der Waals surface area contributed by atoms with E-state index in [1.54, 1.807) is 12.4 Å². The monoisotopic (exact) mass is 227 g/mol. The quantitative estimate of drug-likeness (QED) is 0.736. The second kappa shape index (κ2) is 5.80. The van der Waals surface area contributed by atoms with Gasteiger partial charge in [-0.1, -0.05) is 18.2 Å². The molecule has 1 aromatic heterocycles. The fraction of sp³-hybridized carbons (Fsp3) is 0.143. The predicted octanol–water partition coefficient (Wildman–Crippen LogP) is 2.40. The summed E-state index contributed by atoms with van der Waals surface area (Å²) in [5.41, 5.74) is 2.03. The fourth-order valence-electron chi connectivity index (χ4n) is 1.47. The van der Waals surface area contributed by atoms with Crippen molar-refractivity contribution in [2.45, 2.75) is 13.0 Å². The van der Waals surface area contributed by atoms with E-state index < -0.39 is 0 Å². The first-order valence-corrected chi connectivity index (χ1v) is 5.43. The molecule has 0 aliphatic heterocycles. The second-order valence-corrected chi connectivity index (χ2v) is 3.66. The summed E-state index contributed by atoms with van der Waals surface area (Å²) in [6.45, 7) is 0.501. The molecule has 86 valence electrons. The van der Waals surface area contributed by atoms with E-state index in [4.69, 9.17) is 4.74 Å². The third-order valence-electron chi connectivity index (χ3n) is 2.37. The Morgan fingerprint density at radius 2 is 1.94 bits per heavy atom. The molecular formula is C14H13NO2. The molecule has 3 nitrogen and oxygen atoms in total. The number of aldehydes is 1. The van der Waals surface area contributed by atoms with Crippen LogP contribution in [0.25, 0.3) is 0 Å². The van der Waals surface area contributed by atoms with Crippen LogP contribution in [0.4, 0.5) is 0 Å². The molecule has 1 heterocycles. The van der Waals surface area contributed by atoms with Crippen LogP contribution in [0.1, 0.15) is 11.1 Å². The zero-order valence-electron chi connectivity index (χ0n) is 9.37. The standard InChI is InChI=1S/C14H13NO2/c16-9-7-12-3-5-14(6-4-12)17-11-13-2-1-8-15-10-13/h1-6,8-10H,7,11H2. The minimum atomic E-state index is 0.447. The lowest BCUT2D eigenvalue weighted by Crippen LogP contribution is -1.96. The lowest BCUT2D eigenvalue weighted by molar-refractivity contribution is -0.107. The number of benzene rings is 1. The maximum atomic E-state index is 10.3. The van der Waals surface area contributed by atoms with Crippen LogP contribution < -0.4 is 4.74 Å². The summed E-state index contributed by atoms with van der Waals surface area (Å²) in [5.74, 6) is 0.795. The van der Waals surface area contributed by atoms with E-state index in [1.807, 2.05) is 36.4 Å². The summed E-state index contributed by atoms with van der Waals surface area (Å²) in [7, 11) is 0. The Kier molecular flexibility index (Phi) is 3.86. The van der Waals surface area contributed by atoms with Crippen LogP contribution in [0.2, 0.25) is 0 Å². The molecule has 0 saturated heterocycles. The number of carbonyl (C=O) groups is 1. The minimum Gasteiger partial charge on any atom is -0.489 e. The van der Waals surface area contributed by atoms with Gasteiger partial charge in [0.1, 0.15) is 18.6 Å². The Morgan fingerprint density at radius 1 is 1.12 bits per heavy atom. The number of pyridine rings is 1. The van der Waals surface area contributed by atoms with Crippen LogP contribution in [-0.2, 0) is 17.8 Å². The van der Waals surface area contributed by atoms with E-state index in [1.165, 1.54) is 0 Å². The molecule has 2 aromatic rings. The molecule has 17 heavy (non-hydrogen) atoms. The Bertz CT molecular complexity index is 465. The van der Waals surface area contributed by atoms with Crippen molar-refractivity contribution in [2.24, 2.45) is 0 Å². The molecule has 0 saturated carbocycles. The molecule has 0 atom stereocenters. The highest BCUT2D eigenvalue weighted by Crippen LogP contribution is 2.13. The topological polar surface area (TPSA) is 39.2 Å². The van der Waals surface area contributed by atoms with Crippen molar-refractivity contribution in [3.63, 3.8) is 0 Å². The zero-order chi connectivity index (χ0) is 11.9. The number of nitrogens with zero attached hydrogens (tertiary/aromatic N) is 1. The normalized spacial score (nSPS) is 9.88. The third kappa shape index (κ3) is 3.41. The Labute approximate surface area is 100 Å². The van der Waals surface area contributed by atoms with Crippen molar-refractivity contribution >= 4 is 6.29 Å². The average Bonchev–Trinajstić information content (AvgIpc) is 2.40. The number of ether oxygens (including phenoxy) is 1. The van der Waals surface area contributed by atoms with Crippen LogP contribution >= 0.6 is 0 Å². The van der Waals surface area contributed by atoms with Gasteiger partial charge < -0.3 is 9.53 Å². The highest BCUT2D eigenvalue weighted by atomic mass is 16.5. The van der Waals surface area contributed by atoms with Crippen molar-refractivity contribution in [2.75, 3.05) is 0 Å². The SMILES string of the molecule is O=CCc1ccc(OCc2cccnc2)cc1. The van der Waals surface area contributed by atoms with Gasteiger partial charge in [-0.05, 0) is 23.8 Å². The van der Waals surface area contributed by atoms with Gasteiger partial charge in [0, 0.05) is 24.4 Å². The second-order valence-electron chi connectivity index (χ2n) is 3.66. The summed E-state index contributed by atoms with van der Waals surface area (Å²) >= 11 is 0. The van der Waals surface area contributed by atoms with Gasteiger partial charge in [-0.15, -0.1) is 0 Å². The van der Waals surface area contributed by atoms with Gasteiger partial charge in [-0.3, -0.25) is 4.98 Å². The van der Waals surface area contributed by atoms with E-state index in [0.717, 1.165) is 23.2 Å². The molecule has 1 aromatic carbocycles. The zero-order valence-corrected chi connectivity index (χ0v) is 9.37. The Hall–Kier alpha value is -2.16. The highest BCUT2D eigenvalue weighted by molar-refractivity contribution is 5.55. The molecule has 0 aliphatic carbocycles. The lowest BCUT2D eigenvalue weighted by atomic mass is 10.2. The highest BCUT2D eigenvalue weighted by Gasteiger charge is 1.96. The molecule has 0 bridgehead atoms. The molecule has 0 aliphatic rings. The Morgan fingerprint density at radius 3 is 2.59 bits per heavy atom. The number of aromatic nitrogens is 1. The van der Waals surface area contributed by atoms with Gasteiger partial charge >= 0.3 is 0 Å². The van der Waals surface area contributed by atoms with Crippen molar-refractivity contribution in [1.82, 2.24) is 4.98 Å². The molecule has 0 radical (unpaired) electrons. The largest absolute Gasteiger partial charge is 0.489 e. The van der Waals surface area contributed by atoms with Crippen molar-refractivity contribution in [3.8, 4) is 5.75 Å². The number of hydrogen-bond donors (Lipinski definition) is 0. The maximum absolute atomic E-state index is 10.3. The molecule has 0 unspecified atom stereocenters. The first-order valence-electron chi connectivity index (χ1n) is 5.43. The van der Waals surface area contributed by atoms with Crippen LogP contribution in [0, 0.1) is 0 Å². The fourth-order valence-corrected chi connectivity index (χ4v) is 1.47. The van der Waals surface area contributed by atoms with Gasteiger partial charge in [0.05, 0.1) is 0 Å². The molecule has 3 heteroatoms. The van der Waals surface area contributed by atoms with Gasteiger partial charge in [-0.25, -0.2) is 0 Å². The van der Waals surface area contributed by atoms with Crippen LogP contribution in [-0.4, -0.2) is 11.3 Å². The van der Waals surface area contributed by atoms with Gasteiger partial charge in [0.25, 0.3) is 0 Å². The van der Waals surface area contributed by atoms with E-state index >= 15 is 0 Å². The molecule has 0 spiro atoms. The van der Waals surface area contributed by atoms with E-state index in [0.29, 0.717) is 13.0 Å². The van der Waals surface area contributed by atoms with Crippen LogP contribution in [0.5, 0.6) is 5.75 Å². The van der Waals surface area contributed by atoms with Gasteiger partial charge in [0.15, 0.2) is 0 Å². The summed E-state index contributed by atoms with van der Waals surface area (Å²) in [5, 5.41) is 0. The van der Waals surface area contributed by atoms with Gasteiger partial charge in [-0.2, -0.15) is 0 Å². The first kappa shape index (κ1) is 11.3. The molecule has 0 amide bonds. The van der Waals surface area contributed by atoms with Crippen molar-refractivity contribution in [3.05, 3.63) is 59.9 Å². The number of hydrogen-bond acceptors (Lipinski definition) is 3. The molecular weight excluding hydrogens is 214 g/mol. The predicted molar refractivity (Wildman–Crippen MR) is 64.8 cm³/mol. The van der Waals surface area contributed by atoms with E-state index in [-0.39, 0.29) is 0 Å². The minimum absolute atomic E-state index is 0.447. The van der Waals surface area contributed by atoms with Crippen LogP contribution in [0.15, 0.2) is 48.8 Å². The summed E-state index contributed by atoms with van der Waals surface area (Å²) in [6, 6.07) is 11.4. The number of carbonyl (C=O) groups excluding carboxylic acids is 1. The molecule has 0 fully saturated rings. The van der Waals surface area contributed by atoms with Gasteiger partial charge in [0.2, 0.25) is 0 Å². The third-order valence-corrected chi connectivity index (χ3v) is 2.37. The first-order chi connectivity index (χ1) is 8.38. The summed E-state index contributed by atoms with van der Waals surface area (Å²) in [4.78, 5) is 14.3. The van der Waals surface area contributed by atoms with Crippen LogP contribution in [0.3, 0.4) is 0 Å². The molecule has 2 rings (SSSR count). The van der Waals surface area contributed by atoms with Crippen molar-refractivity contribution in [1.29, 1.82) is 0 Å². The number of rotatable bonds is 5. The van der Waals surface area contributed by atoms with E-state index in [2.05, 4.69) is 4.98 Å². The van der Waals surface area contributed by atoms with E-state index in [9.17, 15) is 4.79 Å².